The number of rotatable bonds is 7. The number of Topliss-reactive ketones (excluding diaryl/α,β-unsaturated/α-hetero) is 2. The molecule has 0 radical (unpaired) electrons. The van der Waals surface area contributed by atoms with Gasteiger partial charge in [0.1, 0.15) is 0 Å². The van der Waals surface area contributed by atoms with E-state index in [9.17, 15) is 14.9 Å². The van der Waals surface area contributed by atoms with Gasteiger partial charge in [0, 0.05) is 21.3 Å². The number of aryl methyl sites for hydroxylation is 1. The lowest BCUT2D eigenvalue weighted by atomic mass is 9.81. The van der Waals surface area contributed by atoms with Crippen molar-refractivity contribution in [2.24, 2.45) is 0 Å². The number of carbonyl (C=O) groups is 2. The van der Waals surface area contributed by atoms with Crippen LogP contribution in [0.25, 0.3) is 0 Å². The molecule has 0 saturated heterocycles. The third-order valence-corrected chi connectivity index (χ3v) is 6.75. The molecule has 0 amide bonds. The largest absolute Gasteiger partial charge is 0.353 e. The summed E-state index contributed by atoms with van der Waals surface area (Å²) in [6.07, 6.45) is 0.917. The number of hydrogen-bond acceptors (Lipinski definition) is 5. The van der Waals surface area contributed by atoms with Crippen molar-refractivity contribution in [1.82, 2.24) is 5.32 Å². The summed E-state index contributed by atoms with van der Waals surface area (Å²) in [5, 5.41) is 13.8. The summed E-state index contributed by atoms with van der Waals surface area (Å²) in [6.45, 7) is 5.45. The number of allylic oxidation sites excluding steroid dienone is 3. The Morgan fingerprint density at radius 3 is 2.48 bits per heavy atom. The van der Waals surface area contributed by atoms with E-state index in [1.165, 1.54) is 24.2 Å². The van der Waals surface area contributed by atoms with Crippen molar-refractivity contribution >= 4 is 39.3 Å². The predicted molar refractivity (Wildman–Crippen MR) is 129 cm³/mol. The van der Waals surface area contributed by atoms with Crippen LogP contribution in [0.15, 0.2) is 74.9 Å². The predicted octanol–water partition coefficient (Wildman–Crippen LogP) is 5.91. The topological polar surface area (TPSA) is 70.0 Å². The second-order valence-electron chi connectivity index (χ2n) is 7.32. The van der Waals surface area contributed by atoms with E-state index in [1.54, 1.807) is 12.1 Å². The zero-order chi connectivity index (χ0) is 22.5. The van der Waals surface area contributed by atoms with E-state index in [2.05, 4.69) is 34.2 Å². The number of nitriles is 1. The lowest BCUT2D eigenvalue weighted by Gasteiger charge is -2.29. The Morgan fingerprint density at radius 2 is 1.90 bits per heavy atom. The van der Waals surface area contributed by atoms with Crippen LogP contribution in [0.5, 0.6) is 0 Å². The third kappa shape index (κ3) is 5.17. The minimum Gasteiger partial charge on any atom is -0.353 e. The van der Waals surface area contributed by atoms with Crippen LogP contribution in [0, 0.1) is 11.3 Å². The van der Waals surface area contributed by atoms with Crippen LogP contribution in [0.4, 0.5) is 0 Å². The van der Waals surface area contributed by atoms with Crippen molar-refractivity contribution in [3.63, 3.8) is 0 Å². The summed E-state index contributed by atoms with van der Waals surface area (Å²) in [7, 11) is 0. The number of nitrogens with zero attached hydrogens (tertiary/aromatic N) is 1. The van der Waals surface area contributed by atoms with Crippen LogP contribution < -0.4 is 5.32 Å². The van der Waals surface area contributed by atoms with Crippen molar-refractivity contribution in [3.8, 4) is 6.07 Å². The van der Waals surface area contributed by atoms with Crippen LogP contribution in [-0.2, 0) is 11.2 Å². The molecule has 0 saturated carbocycles. The molecule has 1 aliphatic heterocycles. The zero-order valence-electron chi connectivity index (χ0n) is 17.7. The molecule has 1 atom stereocenters. The molecule has 2 aromatic carbocycles. The maximum absolute atomic E-state index is 12.7. The van der Waals surface area contributed by atoms with Gasteiger partial charge in [0.05, 0.1) is 28.3 Å². The molecule has 1 heterocycles. The molecule has 4 nitrogen and oxygen atoms in total. The first kappa shape index (κ1) is 23.1. The third-order valence-electron chi connectivity index (χ3n) is 5.24. The average Bonchev–Trinajstić information content (AvgIpc) is 2.76. The molecule has 0 aliphatic carbocycles. The van der Waals surface area contributed by atoms with E-state index in [1.807, 2.05) is 43.3 Å². The number of thioether (sulfide) groups is 1. The quantitative estimate of drug-likeness (QED) is 0.484. The maximum atomic E-state index is 12.7. The highest BCUT2D eigenvalue weighted by molar-refractivity contribution is 9.10. The van der Waals surface area contributed by atoms with Gasteiger partial charge in [-0.3, -0.25) is 9.59 Å². The number of carbonyl (C=O) groups excluding carboxylic acids is 2. The molecule has 0 unspecified atom stereocenters. The van der Waals surface area contributed by atoms with Gasteiger partial charge in [0.2, 0.25) is 0 Å². The SMILES string of the molecule is CCc1ccc([C@@H]2C(C#N)=C(SCC(=O)c3cccc(Br)c3)NC(C)=C2C(C)=O)cc1. The Balaban J connectivity index is 1.95. The highest BCUT2D eigenvalue weighted by atomic mass is 79.9. The fraction of sp³-hybridized carbons (Fsp3) is 0.240. The molecule has 1 aliphatic rings. The van der Waals surface area contributed by atoms with E-state index in [-0.39, 0.29) is 17.3 Å². The molecular formula is C25H23BrN2O2S. The Kier molecular flexibility index (Phi) is 7.53. The van der Waals surface area contributed by atoms with Gasteiger partial charge >= 0.3 is 0 Å². The molecule has 158 valence electrons. The lowest BCUT2D eigenvalue weighted by molar-refractivity contribution is -0.113. The number of ketones is 2. The molecule has 2 aromatic rings. The maximum Gasteiger partial charge on any atom is 0.173 e. The number of hydrogen-bond donors (Lipinski definition) is 1. The van der Waals surface area contributed by atoms with Crippen molar-refractivity contribution < 1.29 is 9.59 Å². The lowest BCUT2D eigenvalue weighted by Crippen LogP contribution is -2.27. The molecule has 31 heavy (non-hydrogen) atoms. The fourth-order valence-electron chi connectivity index (χ4n) is 3.66. The minimum absolute atomic E-state index is 0.0271. The van der Waals surface area contributed by atoms with E-state index in [0.29, 0.717) is 27.4 Å². The summed E-state index contributed by atoms with van der Waals surface area (Å²) in [5.41, 5.74) is 4.47. The molecular weight excluding hydrogens is 472 g/mol. The van der Waals surface area contributed by atoms with Gasteiger partial charge in [-0.25, -0.2) is 0 Å². The van der Waals surface area contributed by atoms with E-state index >= 15 is 0 Å². The Morgan fingerprint density at radius 1 is 1.19 bits per heavy atom. The molecule has 3 rings (SSSR count). The summed E-state index contributed by atoms with van der Waals surface area (Å²) in [4.78, 5) is 25.1. The Hall–Kier alpha value is -2.62. The summed E-state index contributed by atoms with van der Waals surface area (Å²) in [5.74, 6) is -0.357. The van der Waals surface area contributed by atoms with Crippen molar-refractivity contribution in [2.45, 2.75) is 33.1 Å². The number of nitrogens with one attached hydrogen (secondary N) is 1. The first-order chi connectivity index (χ1) is 14.8. The van der Waals surface area contributed by atoms with Gasteiger partial charge < -0.3 is 5.32 Å². The van der Waals surface area contributed by atoms with Crippen LogP contribution in [0.1, 0.15) is 48.2 Å². The van der Waals surface area contributed by atoms with Crippen LogP contribution in [0.3, 0.4) is 0 Å². The first-order valence-electron chi connectivity index (χ1n) is 9.99. The molecule has 6 heteroatoms. The van der Waals surface area contributed by atoms with Crippen LogP contribution in [0.2, 0.25) is 0 Å². The normalized spacial score (nSPS) is 16.0. The van der Waals surface area contributed by atoms with Crippen molar-refractivity contribution in [2.75, 3.05) is 5.75 Å². The van der Waals surface area contributed by atoms with Crippen molar-refractivity contribution in [3.05, 3.63) is 91.6 Å². The van der Waals surface area contributed by atoms with E-state index in [4.69, 9.17) is 0 Å². The van der Waals surface area contributed by atoms with Gasteiger partial charge in [-0.15, -0.1) is 0 Å². The van der Waals surface area contributed by atoms with Gasteiger partial charge in [0.25, 0.3) is 0 Å². The molecule has 0 spiro atoms. The monoisotopic (exact) mass is 494 g/mol. The number of benzene rings is 2. The standard InChI is InChI=1S/C25H23BrN2O2S/c1-4-17-8-10-18(11-9-17)24-21(13-27)25(28-15(2)23(24)16(3)29)31-14-22(30)19-6-5-7-20(26)12-19/h5-12,24,28H,4,14H2,1-3H3/t24-/m1/s1. The molecule has 0 fully saturated rings. The smallest absolute Gasteiger partial charge is 0.173 e. The number of halogens is 1. The Bertz CT molecular complexity index is 1130. The van der Waals surface area contributed by atoms with Crippen LogP contribution >= 0.6 is 27.7 Å². The van der Waals surface area contributed by atoms with E-state index < -0.39 is 5.92 Å². The summed E-state index contributed by atoms with van der Waals surface area (Å²) >= 11 is 4.69. The molecule has 0 aromatic heterocycles. The summed E-state index contributed by atoms with van der Waals surface area (Å²) < 4.78 is 0.844. The van der Waals surface area contributed by atoms with Gasteiger partial charge in [0.15, 0.2) is 11.6 Å². The van der Waals surface area contributed by atoms with Crippen molar-refractivity contribution in [1.29, 1.82) is 5.26 Å². The van der Waals surface area contributed by atoms with E-state index in [0.717, 1.165) is 16.5 Å². The fourth-order valence-corrected chi connectivity index (χ4v) is 5.04. The van der Waals surface area contributed by atoms with Gasteiger partial charge in [-0.2, -0.15) is 5.26 Å². The highest BCUT2D eigenvalue weighted by Crippen LogP contribution is 2.41. The molecule has 0 bridgehead atoms. The Labute approximate surface area is 195 Å². The summed E-state index contributed by atoms with van der Waals surface area (Å²) in [6, 6.07) is 17.6. The zero-order valence-corrected chi connectivity index (χ0v) is 20.1. The highest BCUT2D eigenvalue weighted by Gasteiger charge is 2.33. The van der Waals surface area contributed by atoms with Gasteiger partial charge in [-0.05, 0) is 43.5 Å². The van der Waals surface area contributed by atoms with Gasteiger partial charge in [-0.1, -0.05) is 71.0 Å². The first-order valence-corrected chi connectivity index (χ1v) is 11.8. The minimum atomic E-state index is -0.446. The second-order valence-corrected chi connectivity index (χ2v) is 9.23. The number of dihydropyridines is 1. The second kappa shape index (κ2) is 10.1. The average molecular weight is 495 g/mol. The van der Waals surface area contributed by atoms with Crippen LogP contribution in [-0.4, -0.2) is 17.3 Å². The molecule has 1 N–H and O–H groups in total.